The Hall–Kier alpha value is -4.43. The zero-order valence-electron chi connectivity index (χ0n) is 27.5. The van der Waals surface area contributed by atoms with Crippen molar-refractivity contribution in [3.05, 3.63) is 54.4 Å². The largest absolute Gasteiger partial charge is 0.486 e. The summed E-state index contributed by atoms with van der Waals surface area (Å²) in [6, 6.07) is 14.8. The van der Waals surface area contributed by atoms with Crippen LogP contribution in [-0.2, 0) is 19.6 Å². The summed E-state index contributed by atoms with van der Waals surface area (Å²) in [5.41, 5.74) is 2.68. The van der Waals surface area contributed by atoms with E-state index in [0.717, 1.165) is 50.8 Å². The van der Waals surface area contributed by atoms with Gasteiger partial charge in [-0.3, -0.25) is 9.69 Å². The van der Waals surface area contributed by atoms with E-state index >= 15 is 0 Å². The van der Waals surface area contributed by atoms with Gasteiger partial charge in [-0.25, -0.2) is 27.5 Å². The van der Waals surface area contributed by atoms with Gasteiger partial charge in [-0.1, -0.05) is 0 Å². The number of aromatic nitrogens is 3. The van der Waals surface area contributed by atoms with Crippen LogP contribution in [0.25, 0.3) is 11.4 Å². The number of nitriles is 1. The monoisotopic (exact) mass is 693 g/mol. The summed E-state index contributed by atoms with van der Waals surface area (Å²) in [4.78, 5) is 32.0. The van der Waals surface area contributed by atoms with Gasteiger partial charge in [-0.2, -0.15) is 10.2 Å². The fourth-order valence-electron chi connectivity index (χ4n) is 6.04. The first kappa shape index (κ1) is 34.4. The zero-order chi connectivity index (χ0) is 34.5. The highest BCUT2D eigenvalue weighted by Gasteiger charge is 2.34. The highest BCUT2D eigenvalue weighted by molar-refractivity contribution is 7.89. The van der Waals surface area contributed by atoms with E-state index in [-0.39, 0.29) is 42.4 Å². The van der Waals surface area contributed by atoms with Crippen LogP contribution < -0.4 is 19.7 Å². The zero-order valence-corrected chi connectivity index (χ0v) is 28.3. The highest BCUT2D eigenvalue weighted by atomic mass is 32.2. The molecule has 1 unspecified atom stereocenters. The maximum atomic E-state index is 14.6. The number of benzene rings is 2. The number of nitrogens with zero attached hydrogens (tertiary/aromatic N) is 7. The van der Waals surface area contributed by atoms with Crippen LogP contribution in [0.1, 0.15) is 25.3 Å². The molecule has 1 aromatic heterocycles. The lowest BCUT2D eigenvalue weighted by molar-refractivity contribution is -0.131. The van der Waals surface area contributed by atoms with Crippen LogP contribution in [0.3, 0.4) is 0 Å². The van der Waals surface area contributed by atoms with E-state index in [1.165, 1.54) is 25.2 Å². The summed E-state index contributed by atoms with van der Waals surface area (Å²) < 4.78 is 51.6. The van der Waals surface area contributed by atoms with Gasteiger partial charge in [0.1, 0.15) is 36.5 Å². The van der Waals surface area contributed by atoms with Crippen LogP contribution in [-0.4, -0.2) is 122 Å². The number of ether oxygens (including phenoxy) is 2. The molecule has 3 aromatic rings. The predicted octanol–water partition coefficient (Wildman–Crippen LogP) is 2.32. The van der Waals surface area contributed by atoms with E-state index in [0.29, 0.717) is 23.4 Å². The van der Waals surface area contributed by atoms with E-state index < -0.39 is 28.3 Å². The van der Waals surface area contributed by atoms with Crippen molar-refractivity contribution in [1.29, 1.82) is 5.26 Å². The molecular formula is C33H40FN9O5S. The first-order valence-corrected chi connectivity index (χ1v) is 18.0. The molecule has 4 heterocycles. The Kier molecular flexibility index (Phi) is 10.5. The number of carbonyl (C=O) groups is 1. The number of hydrogen-bond acceptors (Lipinski definition) is 12. The third-order valence-corrected chi connectivity index (χ3v) is 10.5. The number of alkyl halides is 1. The standard InChI is InChI=1S/C33H40FN9O5S/c1-22(34)29(9-11-41(2)32(44)28-10-16-49(45,46)40-28)48-30-8-3-23(17-24(30)18-35)31-36-21-37-33(39-31)38-25-4-6-26(7-5-25)42-12-14-43(15-13-42)27-19-47-20-27/h3-8,17,21-22,27-29,40H,9-16,19-20H2,1-2H3,(H,36,37,38,39)/t22-,28?,29+/m1/s1. The number of carbonyl (C=O) groups excluding carboxylic acids is 1. The first-order chi connectivity index (χ1) is 23.6. The van der Waals surface area contributed by atoms with Crippen molar-refractivity contribution in [2.45, 2.75) is 44.1 Å². The van der Waals surface area contributed by atoms with E-state index in [1.54, 1.807) is 18.2 Å². The van der Waals surface area contributed by atoms with Crippen molar-refractivity contribution in [3.63, 3.8) is 0 Å². The maximum absolute atomic E-state index is 14.6. The Balaban J connectivity index is 1.06. The van der Waals surface area contributed by atoms with Crippen molar-refractivity contribution < 1.29 is 27.1 Å². The molecule has 260 valence electrons. The van der Waals surface area contributed by atoms with Crippen molar-refractivity contribution in [2.75, 3.05) is 69.0 Å². The van der Waals surface area contributed by atoms with Gasteiger partial charge in [0.25, 0.3) is 0 Å². The summed E-state index contributed by atoms with van der Waals surface area (Å²) in [6.45, 7) is 7.12. The molecule has 0 saturated carbocycles. The summed E-state index contributed by atoms with van der Waals surface area (Å²) in [6.07, 6.45) is -0.674. The van der Waals surface area contributed by atoms with Crippen LogP contribution >= 0.6 is 0 Å². The third-order valence-electron chi connectivity index (χ3n) is 9.08. The van der Waals surface area contributed by atoms with Crippen LogP contribution in [0.5, 0.6) is 5.75 Å². The molecule has 0 bridgehead atoms. The molecule has 3 saturated heterocycles. The number of piperazine rings is 1. The Morgan fingerprint density at radius 3 is 2.57 bits per heavy atom. The predicted molar refractivity (Wildman–Crippen MR) is 181 cm³/mol. The number of amides is 1. The van der Waals surface area contributed by atoms with Crippen molar-refractivity contribution in [1.82, 2.24) is 29.5 Å². The van der Waals surface area contributed by atoms with E-state index in [2.05, 4.69) is 53.0 Å². The average molecular weight is 694 g/mol. The minimum Gasteiger partial charge on any atom is -0.486 e. The number of sulfonamides is 1. The van der Waals surface area contributed by atoms with Gasteiger partial charge in [-0.15, -0.1) is 0 Å². The highest BCUT2D eigenvalue weighted by Crippen LogP contribution is 2.28. The molecule has 2 aromatic carbocycles. The van der Waals surface area contributed by atoms with Gasteiger partial charge in [-0.05, 0) is 55.8 Å². The summed E-state index contributed by atoms with van der Waals surface area (Å²) in [5, 5.41) is 13.1. The fraction of sp³-hybridized carbons (Fsp3) is 0.485. The van der Waals surface area contributed by atoms with Crippen LogP contribution in [0.2, 0.25) is 0 Å². The van der Waals surface area contributed by atoms with Crippen molar-refractivity contribution >= 4 is 33.3 Å². The van der Waals surface area contributed by atoms with E-state index in [4.69, 9.17) is 9.47 Å². The Morgan fingerprint density at radius 1 is 1.18 bits per heavy atom. The van der Waals surface area contributed by atoms with Gasteiger partial charge >= 0.3 is 0 Å². The number of likely N-dealkylation sites (N-methyl/N-ethyl adjacent to an activating group) is 1. The van der Waals surface area contributed by atoms with E-state index in [1.807, 2.05) is 12.1 Å². The lowest BCUT2D eigenvalue weighted by Gasteiger charge is -2.43. The molecule has 0 radical (unpaired) electrons. The molecule has 1 amide bonds. The minimum absolute atomic E-state index is 0.108. The average Bonchev–Trinajstić information content (AvgIpc) is 3.45. The Morgan fingerprint density at radius 2 is 1.94 bits per heavy atom. The van der Waals surface area contributed by atoms with Crippen LogP contribution in [0.4, 0.5) is 21.7 Å². The number of halogens is 1. The second kappa shape index (κ2) is 15.0. The third kappa shape index (κ3) is 8.42. The normalized spacial score (nSPS) is 20.5. The molecule has 3 aliphatic rings. The van der Waals surface area contributed by atoms with Crippen LogP contribution in [0, 0.1) is 11.3 Å². The second-order valence-corrected chi connectivity index (χ2v) is 14.4. The molecule has 0 spiro atoms. The van der Waals surface area contributed by atoms with Crippen LogP contribution in [0.15, 0.2) is 48.8 Å². The SMILES string of the molecule is C[C@@H](F)[C@H](CCN(C)C(=O)C1CCS(=O)(=O)N1)Oc1ccc(-c2ncnc(Nc3ccc(N4CCN(C5COC5)CC4)cc3)n2)cc1C#N. The fourth-order valence-corrected chi connectivity index (χ4v) is 7.36. The molecule has 16 heteroatoms. The van der Waals surface area contributed by atoms with Crippen molar-refractivity contribution in [2.24, 2.45) is 0 Å². The molecule has 6 rings (SSSR count). The molecule has 3 aliphatic heterocycles. The maximum Gasteiger partial charge on any atom is 0.240 e. The van der Waals surface area contributed by atoms with Gasteiger partial charge in [0.05, 0.1) is 30.6 Å². The molecule has 3 atom stereocenters. The molecular weight excluding hydrogens is 653 g/mol. The van der Waals surface area contributed by atoms with Gasteiger partial charge in [0, 0.05) is 63.1 Å². The Bertz CT molecular complexity index is 1780. The molecule has 14 nitrogen and oxygen atoms in total. The number of nitrogens with one attached hydrogen (secondary N) is 2. The quantitative estimate of drug-likeness (QED) is 0.285. The number of hydrogen-bond donors (Lipinski definition) is 2. The molecule has 49 heavy (non-hydrogen) atoms. The summed E-state index contributed by atoms with van der Waals surface area (Å²) in [5.74, 6) is 0.363. The minimum atomic E-state index is -3.45. The lowest BCUT2D eigenvalue weighted by atomic mass is 10.1. The molecule has 0 aliphatic carbocycles. The van der Waals surface area contributed by atoms with Gasteiger partial charge < -0.3 is 24.6 Å². The second-order valence-electron chi connectivity index (χ2n) is 12.5. The first-order valence-electron chi connectivity index (χ1n) is 16.3. The molecule has 3 fully saturated rings. The Labute approximate surface area is 285 Å². The topological polar surface area (TPSA) is 166 Å². The molecule has 2 N–H and O–H groups in total. The smallest absolute Gasteiger partial charge is 0.240 e. The van der Waals surface area contributed by atoms with Gasteiger partial charge in [0.15, 0.2) is 5.82 Å². The number of anilines is 3. The number of rotatable bonds is 12. The summed E-state index contributed by atoms with van der Waals surface area (Å²) in [7, 11) is -1.92. The van der Waals surface area contributed by atoms with Gasteiger partial charge in [0.2, 0.25) is 21.9 Å². The van der Waals surface area contributed by atoms with Crippen molar-refractivity contribution in [3.8, 4) is 23.2 Å². The lowest BCUT2D eigenvalue weighted by Crippen LogP contribution is -2.56. The summed E-state index contributed by atoms with van der Waals surface area (Å²) >= 11 is 0. The van der Waals surface area contributed by atoms with E-state index in [9.17, 15) is 22.9 Å².